The van der Waals surface area contributed by atoms with E-state index in [-0.39, 0.29) is 18.5 Å². The molecule has 0 saturated carbocycles. The fourth-order valence-corrected chi connectivity index (χ4v) is 4.26. The van der Waals surface area contributed by atoms with Gasteiger partial charge >= 0.3 is 19.5 Å². The summed E-state index contributed by atoms with van der Waals surface area (Å²) in [4.78, 5) is 48.2. The van der Waals surface area contributed by atoms with Crippen LogP contribution in [0.4, 0.5) is 0 Å². The summed E-state index contributed by atoms with van der Waals surface area (Å²) in [5.41, 5.74) is 5.69. The molecule has 0 aliphatic carbocycles. The van der Waals surface area contributed by atoms with Gasteiger partial charge in [0.15, 0.2) is 5.85 Å². The molecular weight excluding hydrogens is 427 g/mol. The highest BCUT2D eigenvalue weighted by atomic mass is 31.2. The maximum absolute atomic E-state index is 13.0. The number of carboxylic acids is 1. The van der Waals surface area contributed by atoms with Crippen molar-refractivity contribution >= 4 is 25.4 Å². The Morgan fingerprint density at radius 1 is 1.26 bits per heavy atom. The molecule has 0 aromatic heterocycles. The first-order valence-electron chi connectivity index (χ1n) is 10.2. The number of ether oxygens (including phenoxy) is 1. The van der Waals surface area contributed by atoms with E-state index >= 15 is 0 Å². The summed E-state index contributed by atoms with van der Waals surface area (Å²) in [5.74, 6) is -4.14. The molecule has 0 radical (unpaired) electrons. The second-order valence-corrected chi connectivity index (χ2v) is 9.41. The van der Waals surface area contributed by atoms with E-state index in [0.29, 0.717) is 32.2 Å². The van der Waals surface area contributed by atoms with E-state index in [0.717, 1.165) is 4.90 Å². The Labute approximate surface area is 180 Å². The van der Waals surface area contributed by atoms with Gasteiger partial charge in [-0.3, -0.25) is 13.9 Å². The fourth-order valence-electron chi connectivity index (χ4n) is 3.30. The third-order valence-electron chi connectivity index (χ3n) is 5.04. The monoisotopic (exact) mass is 456 g/mol. The van der Waals surface area contributed by atoms with Crippen molar-refractivity contribution in [2.45, 2.75) is 57.0 Å². The van der Waals surface area contributed by atoms with Gasteiger partial charge in [-0.15, -0.1) is 0 Å². The van der Waals surface area contributed by atoms with E-state index < -0.39 is 43.4 Å². The number of carbonyl (C=O) groups is 3. The lowest BCUT2D eigenvalue weighted by Gasteiger charge is -2.29. The van der Waals surface area contributed by atoms with Gasteiger partial charge in [0.05, 0.1) is 5.56 Å². The number of nitrogens with two attached hydrogens (primary N) is 1. The molecule has 1 aromatic rings. The third-order valence-corrected chi connectivity index (χ3v) is 6.62. The number of carbonyl (C=O) groups excluding carboxylic acids is 2. The summed E-state index contributed by atoms with van der Waals surface area (Å²) in [6.45, 7) is 1.80. The lowest BCUT2D eigenvalue weighted by atomic mass is 10.1. The molecule has 1 saturated heterocycles. The summed E-state index contributed by atoms with van der Waals surface area (Å²) < 4.78 is 23.2. The molecule has 1 aromatic carbocycles. The fraction of sp³-hybridized carbons (Fsp3) is 0.550. The van der Waals surface area contributed by atoms with Crippen LogP contribution >= 0.6 is 7.60 Å². The molecule has 2 rings (SSSR count). The van der Waals surface area contributed by atoms with Gasteiger partial charge in [-0.1, -0.05) is 18.2 Å². The molecule has 1 amide bonds. The van der Waals surface area contributed by atoms with Gasteiger partial charge in [0, 0.05) is 6.54 Å². The highest BCUT2D eigenvalue weighted by Gasteiger charge is 2.42. The summed E-state index contributed by atoms with van der Waals surface area (Å²) in [7, 11) is -4.57. The summed E-state index contributed by atoms with van der Waals surface area (Å²) >= 11 is 0. The molecule has 1 aliphatic heterocycles. The van der Waals surface area contributed by atoms with Crippen LogP contribution < -0.4 is 5.73 Å². The van der Waals surface area contributed by atoms with Crippen LogP contribution in [0.2, 0.25) is 0 Å². The zero-order chi connectivity index (χ0) is 23.0. The number of benzene rings is 1. The first-order valence-corrected chi connectivity index (χ1v) is 11.8. The first kappa shape index (κ1) is 25.0. The Balaban J connectivity index is 2.12. The molecular formula is C20H29N2O8P. The molecule has 4 N–H and O–H groups in total. The minimum absolute atomic E-state index is 0.0861. The minimum atomic E-state index is -4.57. The molecule has 2 unspecified atom stereocenters. The molecule has 31 heavy (non-hydrogen) atoms. The van der Waals surface area contributed by atoms with Crippen molar-refractivity contribution in [2.75, 3.05) is 13.1 Å². The van der Waals surface area contributed by atoms with Gasteiger partial charge in [-0.05, 0) is 57.7 Å². The maximum atomic E-state index is 13.0. The van der Waals surface area contributed by atoms with Gasteiger partial charge in [0.1, 0.15) is 12.1 Å². The van der Waals surface area contributed by atoms with Crippen molar-refractivity contribution in [3.05, 3.63) is 35.9 Å². The van der Waals surface area contributed by atoms with Gasteiger partial charge in [0.2, 0.25) is 0 Å². The number of esters is 1. The van der Waals surface area contributed by atoms with Crippen LogP contribution in [-0.2, 0) is 23.4 Å². The Morgan fingerprint density at radius 2 is 1.94 bits per heavy atom. The minimum Gasteiger partial charge on any atom is -0.480 e. The average molecular weight is 456 g/mol. The van der Waals surface area contributed by atoms with Gasteiger partial charge < -0.3 is 25.4 Å². The number of hydrogen-bond donors (Lipinski definition) is 3. The number of nitrogens with zero attached hydrogens (tertiary/aromatic N) is 1. The molecule has 10 nitrogen and oxygen atoms in total. The predicted molar refractivity (Wildman–Crippen MR) is 111 cm³/mol. The maximum Gasteiger partial charge on any atom is 0.368 e. The molecule has 1 fully saturated rings. The highest BCUT2D eigenvalue weighted by molar-refractivity contribution is 7.53. The van der Waals surface area contributed by atoms with Crippen LogP contribution in [-0.4, -0.2) is 63.8 Å². The van der Waals surface area contributed by atoms with Gasteiger partial charge in [0.25, 0.3) is 5.91 Å². The van der Waals surface area contributed by atoms with Crippen molar-refractivity contribution < 1.29 is 38.2 Å². The molecule has 0 bridgehead atoms. The first-order chi connectivity index (χ1) is 14.7. The number of unbranched alkanes of at least 4 members (excludes halogenated alkanes) is 1. The third kappa shape index (κ3) is 6.87. The molecule has 1 aliphatic rings. The smallest absolute Gasteiger partial charge is 0.368 e. The van der Waals surface area contributed by atoms with Crippen LogP contribution in [0, 0.1) is 0 Å². The van der Waals surface area contributed by atoms with Crippen molar-refractivity contribution in [1.82, 2.24) is 4.90 Å². The van der Waals surface area contributed by atoms with Gasteiger partial charge in [-0.25, -0.2) is 9.59 Å². The van der Waals surface area contributed by atoms with E-state index in [9.17, 15) is 28.9 Å². The predicted octanol–water partition coefficient (Wildman–Crippen LogP) is 1.96. The average Bonchev–Trinajstić information content (AvgIpc) is 3.23. The lowest BCUT2D eigenvalue weighted by molar-refractivity contribution is -0.151. The van der Waals surface area contributed by atoms with E-state index in [1.807, 2.05) is 0 Å². The summed E-state index contributed by atoms with van der Waals surface area (Å²) in [6.07, 6.45) is 0.558. The zero-order valence-corrected chi connectivity index (χ0v) is 18.3. The molecule has 172 valence electrons. The number of hydrogen-bond acceptors (Lipinski definition) is 7. The van der Waals surface area contributed by atoms with E-state index in [2.05, 4.69) is 0 Å². The Bertz CT molecular complexity index is 819. The SMILES string of the molecule is CC(OC(=O)c1ccccc1)P(=O)(O)O[C@@H](CCCCN)C(=O)N1CCC[C@H]1C(=O)O. The standard InChI is InChI=1S/C20H29N2O8P/c1-14(29-20(26)15-8-3-2-4-9-15)31(27,28)30-17(11-5-6-12-21)18(23)22-13-7-10-16(22)19(24)25/h2-4,8-9,14,16-17H,5-7,10-13,21H2,1H3,(H,24,25)(H,27,28)/t14?,16-,17-/m0/s1. The molecule has 0 spiro atoms. The van der Waals surface area contributed by atoms with Crippen LogP contribution in [0.5, 0.6) is 0 Å². The largest absolute Gasteiger partial charge is 0.480 e. The summed E-state index contributed by atoms with van der Waals surface area (Å²) in [6, 6.07) is 6.95. The second kappa shape index (κ2) is 11.4. The molecule has 11 heteroatoms. The van der Waals surface area contributed by atoms with Crippen LogP contribution in [0.3, 0.4) is 0 Å². The van der Waals surface area contributed by atoms with Crippen LogP contribution in [0.1, 0.15) is 49.4 Å². The van der Waals surface area contributed by atoms with Gasteiger partial charge in [-0.2, -0.15) is 0 Å². The van der Waals surface area contributed by atoms with Crippen molar-refractivity contribution in [2.24, 2.45) is 5.73 Å². The number of amides is 1. The van der Waals surface area contributed by atoms with Crippen molar-refractivity contribution in [1.29, 1.82) is 0 Å². The Morgan fingerprint density at radius 3 is 2.55 bits per heavy atom. The number of rotatable bonds is 11. The summed E-state index contributed by atoms with van der Waals surface area (Å²) in [5, 5.41) is 9.34. The van der Waals surface area contributed by atoms with E-state index in [1.54, 1.807) is 18.2 Å². The number of likely N-dealkylation sites (tertiary alicyclic amines) is 1. The van der Waals surface area contributed by atoms with Crippen LogP contribution in [0.25, 0.3) is 0 Å². The Hall–Kier alpha value is -2.26. The highest BCUT2D eigenvalue weighted by Crippen LogP contribution is 2.50. The quantitative estimate of drug-likeness (QED) is 0.257. The topological polar surface area (TPSA) is 156 Å². The van der Waals surface area contributed by atoms with E-state index in [1.165, 1.54) is 19.1 Å². The lowest BCUT2D eigenvalue weighted by Crippen LogP contribution is -2.46. The van der Waals surface area contributed by atoms with Crippen molar-refractivity contribution in [3.63, 3.8) is 0 Å². The molecule has 1 heterocycles. The Kier molecular flexibility index (Phi) is 9.18. The normalized spacial score (nSPS) is 20.0. The van der Waals surface area contributed by atoms with Crippen LogP contribution in [0.15, 0.2) is 30.3 Å². The van der Waals surface area contributed by atoms with E-state index in [4.69, 9.17) is 15.0 Å². The number of aliphatic carboxylic acids is 1. The van der Waals surface area contributed by atoms with Crippen molar-refractivity contribution in [3.8, 4) is 0 Å². The number of carboxylic acid groups (broad SMARTS) is 1. The zero-order valence-electron chi connectivity index (χ0n) is 17.4. The second-order valence-electron chi connectivity index (χ2n) is 7.34. The molecule has 4 atom stereocenters.